The van der Waals surface area contributed by atoms with E-state index in [2.05, 4.69) is 25.1 Å². The number of carbonyl (C=O) groups excluding carboxylic acids is 1. The van der Waals surface area contributed by atoms with Crippen molar-refractivity contribution in [3.8, 4) is 0 Å². The fourth-order valence-electron chi connectivity index (χ4n) is 4.57. The zero-order chi connectivity index (χ0) is 22.0. The molecule has 2 aromatic carbocycles. The molecule has 0 bridgehead atoms. The van der Waals surface area contributed by atoms with Gasteiger partial charge in [-0.2, -0.15) is 0 Å². The van der Waals surface area contributed by atoms with Crippen molar-refractivity contribution >= 4 is 46.8 Å². The van der Waals surface area contributed by atoms with E-state index in [9.17, 15) is 9.18 Å². The zero-order valence-corrected chi connectivity index (χ0v) is 19.5. The molecular formula is C23H21Cl2FN2O2S. The number of amides is 1. The molecule has 31 heavy (non-hydrogen) atoms. The molecule has 1 fully saturated rings. The quantitative estimate of drug-likeness (QED) is 0.409. The summed E-state index contributed by atoms with van der Waals surface area (Å²) in [6.07, 6.45) is 1.20. The van der Waals surface area contributed by atoms with Crippen LogP contribution in [0.25, 0.3) is 0 Å². The van der Waals surface area contributed by atoms with E-state index in [1.54, 1.807) is 12.1 Å². The predicted molar refractivity (Wildman–Crippen MR) is 122 cm³/mol. The minimum atomic E-state index is -0.595. The molecule has 3 heterocycles. The van der Waals surface area contributed by atoms with Crippen molar-refractivity contribution in [1.29, 1.82) is 0 Å². The third-order valence-electron chi connectivity index (χ3n) is 6.44. The van der Waals surface area contributed by atoms with Crippen LogP contribution in [0, 0.1) is 5.82 Å². The van der Waals surface area contributed by atoms with E-state index in [-0.39, 0.29) is 26.3 Å². The van der Waals surface area contributed by atoms with Crippen LogP contribution < -0.4 is 0 Å². The number of benzene rings is 2. The highest BCUT2D eigenvalue weighted by Gasteiger charge is 2.51. The highest BCUT2D eigenvalue weighted by molar-refractivity contribution is 7.99. The van der Waals surface area contributed by atoms with Gasteiger partial charge >= 0.3 is 0 Å². The number of fused-ring (bicyclic) bond motifs is 2. The van der Waals surface area contributed by atoms with Gasteiger partial charge in [0, 0.05) is 12.8 Å². The third-order valence-corrected chi connectivity index (χ3v) is 8.08. The molecule has 8 heteroatoms. The van der Waals surface area contributed by atoms with Crippen LogP contribution in [0.15, 0.2) is 34.7 Å². The second-order valence-electron chi connectivity index (χ2n) is 8.55. The molecule has 1 amide bonds. The Labute approximate surface area is 194 Å². The molecule has 1 saturated heterocycles. The fourth-order valence-corrected chi connectivity index (χ4v) is 5.97. The molecule has 0 aliphatic carbocycles. The molecule has 3 aliphatic rings. The largest absolute Gasteiger partial charge is 0.362 e. The van der Waals surface area contributed by atoms with E-state index < -0.39 is 5.82 Å². The first kappa shape index (κ1) is 21.3. The average Bonchev–Trinajstić information content (AvgIpc) is 3.31. The number of hydrogen-bond acceptors (Lipinski definition) is 4. The van der Waals surface area contributed by atoms with Crippen molar-refractivity contribution in [2.24, 2.45) is 4.40 Å². The van der Waals surface area contributed by atoms with Gasteiger partial charge in [-0.05, 0) is 59.3 Å². The van der Waals surface area contributed by atoms with E-state index in [1.807, 2.05) is 11.8 Å². The number of likely N-dealkylation sites (tertiary alicyclic amines) is 1. The van der Waals surface area contributed by atoms with E-state index in [0.717, 1.165) is 22.4 Å². The van der Waals surface area contributed by atoms with Gasteiger partial charge < -0.3 is 9.64 Å². The van der Waals surface area contributed by atoms with Crippen LogP contribution in [0.2, 0.25) is 10.0 Å². The standard InChI is InChI=1S/C23H21Cl2FN2O2S/c1-3-20(29)28-11-23(12-28)16-5-4-13(6-14(16)10-30-23)19-9-22(2,31-27-19)15-7-17(24)21(26)18(25)8-15/h4-8H,3,9-12H2,1-2H3. The van der Waals surface area contributed by atoms with Crippen molar-refractivity contribution in [3.05, 3.63) is 68.4 Å². The smallest absolute Gasteiger partial charge is 0.222 e. The molecule has 0 radical (unpaired) electrons. The first-order valence-corrected chi connectivity index (χ1v) is 11.7. The average molecular weight is 479 g/mol. The van der Waals surface area contributed by atoms with Crippen LogP contribution >= 0.6 is 35.1 Å². The lowest BCUT2D eigenvalue weighted by Gasteiger charge is -2.47. The second-order valence-corrected chi connectivity index (χ2v) is 10.6. The highest BCUT2D eigenvalue weighted by atomic mass is 35.5. The molecule has 1 atom stereocenters. The van der Waals surface area contributed by atoms with Gasteiger partial charge in [0.1, 0.15) is 5.60 Å². The van der Waals surface area contributed by atoms with Crippen LogP contribution in [0.1, 0.15) is 48.9 Å². The Balaban J connectivity index is 1.36. The van der Waals surface area contributed by atoms with Gasteiger partial charge in [0.05, 0.1) is 40.2 Å². The number of carbonyl (C=O) groups is 1. The van der Waals surface area contributed by atoms with Crippen LogP contribution in [-0.4, -0.2) is 29.6 Å². The lowest BCUT2D eigenvalue weighted by Crippen LogP contribution is -2.61. The lowest BCUT2D eigenvalue weighted by atomic mass is 9.83. The van der Waals surface area contributed by atoms with Crippen molar-refractivity contribution in [3.63, 3.8) is 0 Å². The van der Waals surface area contributed by atoms with Crippen molar-refractivity contribution in [1.82, 2.24) is 4.90 Å². The van der Waals surface area contributed by atoms with E-state index in [0.29, 0.717) is 32.5 Å². The number of hydrogen-bond donors (Lipinski definition) is 0. The Bertz CT molecular complexity index is 1110. The van der Waals surface area contributed by atoms with E-state index in [4.69, 9.17) is 32.3 Å². The van der Waals surface area contributed by atoms with Gasteiger partial charge in [0.15, 0.2) is 5.82 Å². The summed E-state index contributed by atoms with van der Waals surface area (Å²) in [7, 11) is 0. The molecule has 162 valence electrons. The van der Waals surface area contributed by atoms with E-state index in [1.165, 1.54) is 17.5 Å². The first-order valence-electron chi connectivity index (χ1n) is 10.2. The van der Waals surface area contributed by atoms with E-state index >= 15 is 0 Å². The Morgan fingerprint density at radius 3 is 2.65 bits per heavy atom. The highest BCUT2D eigenvalue weighted by Crippen LogP contribution is 2.49. The van der Waals surface area contributed by atoms with Crippen LogP contribution in [0.5, 0.6) is 0 Å². The van der Waals surface area contributed by atoms with Crippen LogP contribution in [0.4, 0.5) is 4.39 Å². The molecule has 0 N–H and O–H groups in total. The molecule has 3 aliphatic heterocycles. The molecule has 1 unspecified atom stereocenters. The summed E-state index contributed by atoms with van der Waals surface area (Å²) in [5.41, 5.74) is 4.84. The minimum absolute atomic E-state index is 0.0221. The van der Waals surface area contributed by atoms with Crippen molar-refractivity contribution in [2.45, 2.75) is 43.6 Å². The van der Waals surface area contributed by atoms with Crippen molar-refractivity contribution in [2.75, 3.05) is 13.1 Å². The Morgan fingerprint density at radius 2 is 1.97 bits per heavy atom. The topological polar surface area (TPSA) is 41.9 Å². The van der Waals surface area contributed by atoms with Gasteiger partial charge in [-0.25, -0.2) is 8.79 Å². The fraction of sp³-hybridized carbons (Fsp3) is 0.391. The monoisotopic (exact) mass is 478 g/mol. The predicted octanol–water partition coefficient (Wildman–Crippen LogP) is 5.87. The summed E-state index contributed by atoms with van der Waals surface area (Å²) >= 11 is 13.5. The van der Waals surface area contributed by atoms with Crippen molar-refractivity contribution < 1.29 is 13.9 Å². The van der Waals surface area contributed by atoms with Gasteiger partial charge in [0.25, 0.3) is 0 Å². The normalized spacial score (nSPS) is 23.6. The summed E-state index contributed by atoms with van der Waals surface area (Å²) in [6, 6.07) is 9.60. The Kier molecular flexibility index (Phi) is 5.13. The van der Waals surface area contributed by atoms with Crippen LogP contribution in [0.3, 0.4) is 0 Å². The molecule has 4 nitrogen and oxygen atoms in total. The maximum atomic E-state index is 13.8. The van der Waals surface area contributed by atoms with Gasteiger partial charge in [-0.3, -0.25) is 4.79 Å². The van der Waals surface area contributed by atoms with Gasteiger partial charge in [0.2, 0.25) is 5.91 Å². The summed E-state index contributed by atoms with van der Waals surface area (Å²) < 4.78 is 24.3. The van der Waals surface area contributed by atoms with Gasteiger partial charge in [-0.1, -0.05) is 42.3 Å². The molecule has 0 saturated carbocycles. The van der Waals surface area contributed by atoms with Crippen LogP contribution in [-0.2, 0) is 26.5 Å². The van der Waals surface area contributed by atoms with Gasteiger partial charge in [-0.15, -0.1) is 0 Å². The Hall–Kier alpha value is -1.60. The molecule has 1 spiro atoms. The number of ether oxygens (including phenoxy) is 1. The molecule has 2 aromatic rings. The molecular weight excluding hydrogens is 458 g/mol. The number of nitrogens with zero attached hydrogens (tertiary/aromatic N) is 2. The zero-order valence-electron chi connectivity index (χ0n) is 17.2. The Morgan fingerprint density at radius 1 is 1.26 bits per heavy atom. The lowest BCUT2D eigenvalue weighted by molar-refractivity contribution is -0.168. The summed E-state index contributed by atoms with van der Waals surface area (Å²) in [4.78, 5) is 13.8. The maximum Gasteiger partial charge on any atom is 0.222 e. The number of halogens is 3. The summed E-state index contributed by atoms with van der Waals surface area (Å²) in [6.45, 7) is 5.72. The third kappa shape index (κ3) is 3.39. The SMILES string of the molecule is CCC(=O)N1CC2(C1)OCc1cc(C3=NSC(C)(c4cc(Cl)c(F)c(Cl)c4)C3)ccc12. The molecule has 5 rings (SSSR count). The summed E-state index contributed by atoms with van der Waals surface area (Å²) in [5, 5.41) is 0.0442. The second kappa shape index (κ2) is 7.48. The number of rotatable bonds is 3. The summed E-state index contributed by atoms with van der Waals surface area (Å²) in [5.74, 6) is -0.431. The first-order chi connectivity index (χ1) is 14.7. The minimum Gasteiger partial charge on any atom is -0.362 e. The maximum absolute atomic E-state index is 13.8. The molecule has 0 aromatic heterocycles.